The molecule has 0 N–H and O–H groups in total. The smallest absolute Gasteiger partial charge is 0.233 e. The van der Waals surface area contributed by atoms with E-state index in [1.165, 1.54) is 11.8 Å². The number of imidazole rings is 1. The summed E-state index contributed by atoms with van der Waals surface area (Å²) in [6.07, 6.45) is 2.44. The fraction of sp³-hybridized carbons (Fsp3) is 0.545. The van der Waals surface area contributed by atoms with Crippen molar-refractivity contribution in [1.29, 1.82) is 0 Å². The molecule has 8 heteroatoms. The molecule has 1 amide bonds. The van der Waals surface area contributed by atoms with E-state index in [1.807, 2.05) is 36.9 Å². The van der Waals surface area contributed by atoms with Crippen LogP contribution in [-0.4, -0.2) is 52.2 Å². The highest BCUT2D eigenvalue weighted by Crippen LogP contribution is 2.33. The lowest BCUT2D eigenvalue weighted by molar-refractivity contribution is -0.128. The Morgan fingerprint density at radius 2 is 2.13 bits per heavy atom. The SMILES string of the molecule is CCN(Cc1ccc2c(c1)OCO2)C(=O)CSc1nc(C)c(C)n1CC1CCCO1. The van der Waals surface area contributed by atoms with Crippen LogP contribution in [0.15, 0.2) is 23.4 Å². The van der Waals surface area contributed by atoms with Crippen molar-refractivity contribution >= 4 is 17.7 Å². The van der Waals surface area contributed by atoms with E-state index in [1.54, 1.807) is 0 Å². The molecule has 7 nitrogen and oxygen atoms in total. The Labute approximate surface area is 181 Å². The first-order chi connectivity index (χ1) is 14.5. The van der Waals surface area contributed by atoms with Gasteiger partial charge in [-0.05, 0) is 51.3 Å². The largest absolute Gasteiger partial charge is 0.454 e. The number of carbonyl (C=O) groups is 1. The molecule has 1 aromatic heterocycles. The molecule has 2 aliphatic heterocycles. The molecule has 3 heterocycles. The van der Waals surface area contributed by atoms with Crippen molar-refractivity contribution in [3.63, 3.8) is 0 Å². The van der Waals surface area contributed by atoms with Crippen LogP contribution in [0.3, 0.4) is 0 Å². The summed E-state index contributed by atoms with van der Waals surface area (Å²) in [5, 5.41) is 0.896. The molecule has 0 radical (unpaired) electrons. The van der Waals surface area contributed by atoms with Gasteiger partial charge in [-0.3, -0.25) is 4.79 Å². The van der Waals surface area contributed by atoms with E-state index in [2.05, 4.69) is 11.5 Å². The molecule has 30 heavy (non-hydrogen) atoms. The number of fused-ring (bicyclic) bond motifs is 1. The van der Waals surface area contributed by atoms with Gasteiger partial charge in [-0.2, -0.15) is 0 Å². The number of rotatable bonds is 8. The third-order valence-corrected chi connectivity index (χ3v) is 6.66. The lowest BCUT2D eigenvalue weighted by Gasteiger charge is -2.21. The number of amides is 1. The Balaban J connectivity index is 1.39. The van der Waals surface area contributed by atoms with E-state index >= 15 is 0 Å². The Hall–Kier alpha value is -2.19. The Bertz CT molecular complexity index is 908. The molecule has 1 atom stereocenters. The number of benzene rings is 1. The standard InChI is InChI=1S/C22H29N3O4S/c1-4-24(11-17-7-8-19-20(10-17)29-14-28-19)21(26)13-30-22-23-15(2)16(3)25(22)12-18-6-5-9-27-18/h7-8,10,18H,4-6,9,11-14H2,1-3H3. The second-order valence-electron chi connectivity index (χ2n) is 7.70. The monoisotopic (exact) mass is 431 g/mol. The molecule has 1 fully saturated rings. The van der Waals surface area contributed by atoms with Crippen LogP contribution in [0.5, 0.6) is 11.5 Å². The number of thioether (sulfide) groups is 1. The molecule has 0 aliphatic carbocycles. The van der Waals surface area contributed by atoms with Gasteiger partial charge in [-0.1, -0.05) is 17.8 Å². The summed E-state index contributed by atoms with van der Waals surface area (Å²) in [7, 11) is 0. The van der Waals surface area contributed by atoms with Crippen LogP contribution >= 0.6 is 11.8 Å². The molecule has 1 unspecified atom stereocenters. The zero-order valence-corrected chi connectivity index (χ0v) is 18.7. The molecule has 0 spiro atoms. The van der Waals surface area contributed by atoms with Gasteiger partial charge < -0.3 is 23.7 Å². The fourth-order valence-electron chi connectivity index (χ4n) is 3.79. The lowest BCUT2D eigenvalue weighted by atomic mass is 10.2. The van der Waals surface area contributed by atoms with Crippen molar-refractivity contribution in [2.24, 2.45) is 0 Å². The van der Waals surface area contributed by atoms with Gasteiger partial charge in [0.15, 0.2) is 16.7 Å². The van der Waals surface area contributed by atoms with Crippen LogP contribution in [0.1, 0.15) is 36.7 Å². The van der Waals surface area contributed by atoms with Crippen LogP contribution in [0.2, 0.25) is 0 Å². The molecule has 4 rings (SSSR count). The highest BCUT2D eigenvalue weighted by molar-refractivity contribution is 7.99. The van der Waals surface area contributed by atoms with Crippen LogP contribution < -0.4 is 9.47 Å². The molecule has 2 aromatic rings. The number of hydrogen-bond acceptors (Lipinski definition) is 6. The molecule has 1 saturated heterocycles. The van der Waals surface area contributed by atoms with Crippen molar-refractivity contribution in [2.45, 2.75) is 58.0 Å². The van der Waals surface area contributed by atoms with Gasteiger partial charge in [0.05, 0.1) is 24.1 Å². The van der Waals surface area contributed by atoms with Crippen LogP contribution in [0, 0.1) is 13.8 Å². The summed E-state index contributed by atoms with van der Waals surface area (Å²) in [6.45, 7) is 9.20. The number of ether oxygens (including phenoxy) is 3. The number of nitrogens with zero attached hydrogens (tertiary/aromatic N) is 3. The minimum absolute atomic E-state index is 0.0992. The first kappa shape index (κ1) is 21.1. The van der Waals surface area contributed by atoms with Gasteiger partial charge in [-0.25, -0.2) is 4.98 Å². The fourth-order valence-corrected chi connectivity index (χ4v) is 4.80. The molecule has 0 saturated carbocycles. The normalized spacial score (nSPS) is 17.5. The van der Waals surface area contributed by atoms with Gasteiger partial charge in [0.2, 0.25) is 12.7 Å². The predicted molar refractivity (Wildman–Crippen MR) is 115 cm³/mol. The minimum Gasteiger partial charge on any atom is -0.454 e. The molecule has 2 aliphatic rings. The molecule has 0 bridgehead atoms. The Morgan fingerprint density at radius 3 is 2.90 bits per heavy atom. The molecule has 1 aromatic carbocycles. The summed E-state index contributed by atoms with van der Waals surface area (Å²) in [4.78, 5) is 19.5. The zero-order chi connectivity index (χ0) is 21.1. The van der Waals surface area contributed by atoms with Gasteiger partial charge in [0.1, 0.15) is 0 Å². The van der Waals surface area contributed by atoms with Gasteiger partial charge in [0.25, 0.3) is 0 Å². The van der Waals surface area contributed by atoms with E-state index in [4.69, 9.17) is 19.2 Å². The zero-order valence-electron chi connectivity index (χ0n) is 17.8. The maximum absolute atomic E-state index is 12.9. The maximum Gasteiger partial charge on any atom is 0.233 e. The van der Waals surface area contributed by atoms with E-state index in [-0.39, 0.29) is 18.8 Å². The summed E-state index contributed by atoms with van der Waals surface area (Å²) in [6, 6.07) is 5.84. The van der Waals surface area contributed by atoms with Crippen LogP contribution in [-0.2, 0) is 22.6 Å². The average Bonchev–Trinajstić information content (AvgIpc) is 3.48. The van der Waals surface area contributed by atoms with Crippen molar-refractivity contribution < 1.29 is 19.0 Å². The number of carbonyl (C=O) groups excluding carboxylic acids is 1. The van der Waals surface area contributed by atoms with E-state index < -0.39 is 0 Å². The van der Waals surface area contributed by atoms with Crippen LogP contribution in [0.4, 0.5) is 0 Å². The molecular weight excluding hydrogens is 402 g/mol. The lowest BCUT2D eigenvalue weighted by Crippen LogP contribution is -2.31. The molecule has 162 valence electrons. The number of hydrogen-bond donors (Lipinski definition) is 0. The van der Waals surface area contributed by atoms with Gasteiger partial charge in [0, 0.05) is 25.4 Å². The minimum atomic E-state index is 0.0992. The number of aryl methyl sites for hydroxylation is 1. The summed E-state index contributed by atoms with van der Waals surface area (Å²) in [5.41, 5.74) is 3.19. The van der Waals surface area contributed by atoms with Crippen molar-refractivity contribution in [2.75, 3.05) is 25.7 Å². The highest BCUT2D eigenvalue weighted by atomic mass is 32.2. The maximum atomic E-state index is 12.9. The van der Waals surface area contributed by atoms with E-state index in [0.29, 0.717) is 18.8 Å². The van der Waals surface area contributed by atoms with Crippen molar-refractivity contribution in [1.82, 2.24) is 14.5 Å². The second-order valence-corrected chi connectivity index (χ2v) is 8.64. The van der Waals surface area contributed by atoms with Crippen molar-refractivity contribution in [3.8, 4) is 11.5 Å². The van der Waals surface area contributed by atoms with E-state index in [9.17, 15) is 4.79 Å². The first-order valence-corrected chi connectivity index (χ1v) is 11.5. The summed E-state index contributed by atoms with van der Waals surface area (Å²) >= 11 is 1.51. The average molecular weight is 432 g/mol. The van der Waals surface area contributed by atoms with E-state index in [0.717, 1.165) is 59.6 Å². The molecular formula is C22H29N3O4S. The van der Waals surface area contributed by atoms with Gasteiger partial charge >= 0.3 is 0 Å². The first-order valence-electron chi connectivity index (χ1n) is 10.5. The highest BCUT2D eigenvalue weighted by Gasteiger charge is 2.22. The quantitative estimate of drug-likeness (QED) is 0.596. The topological polar surface area (TPSA) is 65.8 Å². The number of aromatic nitrogens is 2. The van der Waals surface area contributed by atoms with Crippen molar-refractivity contribution in [3.05, 3.63) is 35.2 Å². The Kier molecular flexibility index (Phi) is 6.53. The second kappa shape index (κ2) is 9.31. The summed E-state index contributed by atoms with van der Waals surface area (Å²) in [5.74, 6) is 1.96. The third kappa shape index (κ3) is 4.59. The van der Waals surface area contributed by atoms with Crippen LogP contribution in [0.25, 0.3) is 0 Å². The predicted octanol–water partition coefficient (Wildman–Crippen LogP) is 3.55. The van der Waals surface area contributed by atoms with Gasteiger partial charge in [-0.15, -0.1) is 0 Å². The third-order valence-electron chi connectivity index (χ3n) is 5.70. The summed E-state index contributed by atoms with van der Waals surface area (Å²) < 4.78 is 18.8. The Morgan fingerprint density at radius 1 is 1.30 bits per heavy atom.